The van der Waals surface area contributed by atoms with Crippen LogP contribution in [0.2, 0.25) is 0 Å². The number of nitrogens with two attached hydrogens (primary N) is 1. The highest BCUT2D eigenvalue weighted by atomic mass is 19.4. The van der Waals surface area contributed by atoms with E-state index in [-0.39, 0.29) is 5.69 Å². The fraction of sp³-hybridized carbons (Fsp3) is 0.250. The SMILES string of the molecule is Nc1ccc(C(F)(F)C(F)(F)F)cc1. The molecule has 0 atom stereocenters. The number of alkyl halides is 5. The molecule has 0 aliphatic rings. The van der Waals surface area contributed by atoms with E-state index in [9.17, 15) is 22.0 Å². The third-order valence-corrected chi connectivity index (χ3v) is 1.63. The van der Waals surface area contributed by atoms with Crippen molar-refractivity contribution < 1.29 is 22.0 Å². The topological polar surface area (TPSA) is 26.0 Å². The van der Waals surface area contributed by atoms with Crippen LogP contribution in [0, 0.1) is 0 Å². The van der Waals surface area contributed by atoms with Crippen LogP contribution in [0.1, 0.15) is 5.56 Å². The van der Waals surface area contributed by atoms with Crippen LogP contribution in [-0.4, -0.2) is 6.18 Å². The first-order chi connectivity index (χ1) is 6.25. The molecule has 14 heavy (non-hydrogen) atoms. The van der Waals surface area contributed by atoms with E-state index in [1.165, 1.54) is 0 Å². The highest BCUT2D eigenvalue weighted by molar-refractivity contribution is 5.40. The maximum absolute atomic E-state index is 12.6. The van der Waals surface area contributed by atoms with E-state index in [2.05, 4.69) is 0 Å². The summed E-state index contributed by atoms with van der Waals surface area (Å²) in [6.45, 7) is 0. The first-order valence-corrected chi connectivity index (χ1v) is 3.55. The van der Waals surface area contributed by atoms with Crippen LogP contribution in [-0.2, 0) is 5.92 Å². The van der Waals surface area contributed by atoms with Gasteiger partial charge in [0.2, 0.25) is 0 Å². The molecule has 6 heteroatoms. The quantitative estimate of drug-likeness (QED) is 0.560. The molecule has 0 spiro atoms. The lowest BCUT2D eigenvalue weighted by Gasteiger charge is -2.19. The molecule has 2 N–H and O–H groups in total. The Morgan fingerprint density at radius 3 is 1.64 bits per heavy atom. The Labute approximate surface area is 76.3 Å². The Morgan fingerprint density at radius 1 is 0.857 bits per heavy atom. The lowest BCUT2D eigenvalue weighted by molar-refractivity contribution is -0.289. The summed E-state index contributed by atoms with van der Waals surface area (Å²) in [4.78, 5) is 0. The molecule has 78 valence electrons. The van der Waals surface area contributed by atoms with E-state index in [1.807, 2.05) is 0 Å². The monoisotopic (exact) mass is 211 g/mol. The molecule has 0 aliphatic heterocycles. The largest absolute Gasteiger partial charge is 0.458 e. The lowest BCUT2D eigenvalue weighted by atomic mass is 10.1. The van der Waals surface area contributed by atoms with Crippen molar-refractivity contribution in [3.05, 3.63) is 29.8 Å². The van der Waals surface area contributed by atoms with Gasteiger partial charge in [0, 0.05) is 11.3 Å². The molecule has 0 aromatic heterocycles. The van der Waals surface area contributed by atoms with Crippen LogP contribution in [0.5, 0.6) is 0 Å². The fourth-order valence-electron chi connectivity index (χ4n) is 0.856. The number of halogens is 5. The van der Waals surface area contributed by atoms with E-state index in [0.29, 0.717) is 12.1 Å². The maximum Gasteiger partial charge on any atom is 0.458 e. The van der Waals surface area contributed by atoms with Gasteiger partial charge in [-0.05, 0) is 12.1 Å². The van der Waals surface area contributed by atoms with Gasteiger partial charge in [-0.2, -0.15) is 22.0 Å². The van der Waals surface area contributed by atoms with Gasteiger partial charge in [0.25, 0.3) is 0 Å². The van der Waals surface area contributed by atoms with E-state index in [1.54, 1.807) is 0 Å². The highest BCUT2D eigenvalue weighted by Crippen LogP contribution is 2.43. The van der Waals surface area contributed by atoms with Crippen LogP contribution in [0.25, 0.3) is 0 Å². The summed E-state index contributed by atoms with van der Waals surface area (Å²) in [6, 6.07) is 3.30. The van der Waals surface area contributed by atoms with Crippen LogP contribution in [0.3, 0.4) is 0 Å². The third kappa shape index (κ3) is 1.78. The number of hydrogen-bond donors (Lipinski definition) is 1. The third-order valence-electron chi connectivity index (χ3n) is 1.63. The molecule has 0 heterocycles. The summed E-state index contributed by atoms with van der Waals surface area (Å²) in [7, 11) is 0. The predicted molar refractivity (Wildman–Crippen MR) is 40.8 cm³/mol. The number of anilines is 1. The minimum Gasteiger partial charge on any atom is -0.399 e. The molecular formula is C8H6F5N. The molecule has 0 radical (unpaired) electrons. The van der Waals surface area contributed by atoms with E-state index >= 15 is 0 Å². The van der Waals surface area contributed by atoms with Crippen LogP contribution in [0.4, 0.5) is 27.6 Å². The number of benzene rings is 1. The normalized spacial score (nSPS) is 12.9. The summed E-state index contributed by atoms with van der Waals surface area (Å²) >= 11 is 0. The van der Waals surface area contributed by atoms with Gasteiger partial charge in [0.1, 0.15) is 0 Å². The molecular weight excluding hydrogens is 205 g/mol. The molecule has 1 aromatic rings. The number of hydrogen-bond acceptors (Lipinski definition) is 1. The minimum atomic E-state index is -5.58. The van der Waals surface area contributed by atoms with Crippen LogP contribution < -0.4 is 5.73 Å². The Morgan fingerprint density at radius 2 is 1.29 bits per heavy atom. The lowest BCUT2D eigenvalue weighted by Crippen LogP contribution is -2.33. The molecule has 0 saturated carbocycles. The molecule has 0 saturated heterocycles. The number of rotatable bonds is 1. The fourth-order valence-corrected chi connectivity index (χ4v) is 0.856. The van der Waals surface area contributed by atoms with Gasteiger partial charge in [-0.3, -0.25) is 0 Å². The molecule has 1 aromatic carbocycles. The van der Waals surface area contributed by atoms with Crippen molar-refractivity contribution >= 4 is 5.69 Å². The molecule has 0 bridgehead atoms. The zero-order valence-corrected chi connectivity index (χ0v) is 6.78. The number of nitrogen functional groups attached to an aromatic ring is 1. The predicted octanol–water partition coefficient (Wildman–Crippen LogP) is 2.92. The molecule has 0 fully saturated rings. The van der Waals surface area contributed by atoms with Gasteiger partial charge in [-0.15, -0.1) is 0 Å². The van der Waals surface area contributed by atoms with Gasteiger partial charge in [-0.1, -0.05) is 12.1 Å². The van der Waals surface area contributed by atoms with E-state index < -0.39 is 17.7 Å². The standard InChI is InChI=1S/C8H6F5N/c9-7(10,8(11,12)13)5-1-3-6(14)4-2-5/h1-4H,14H2. The van der Waals surface area contributed by atoms with Gasteiger partial charge in [-0.25, -0.2) is 0 Å². The average molecular weight is 211 g/mol. The van der Waals surface area contributed by atoms with E-state index in [0.717, 1.165) is 12.1 Å². The second-order valence-corrected chi connectivity index (χ2v) is 2.69. The van der Waals surface area contributed by atoms with Gasteiger partial charge in [0.15, 0.2) is 0 Å². The van der Waals surface area contributed by atoms with Crippen LogP contribution >= 0.6 is 0 Å². The van der Waals surface area contributed by atoms with Crippen molar-refractivity contribution in [3.63, 3.8) is 0 Å². The van der Waals surface area contributed by atoms with Gasteiger partial charge >= 0.3 is 12.1 Å². The second-order valence-electron chi connectivity index (χ2n) is 2.69. The Balaban J connectivity index is 3.10. The zero-order chi connectivity index (χ0) is 11.0. The second kappa shape index (κ2) is 3.11. The molecule has 0 aliphatic carbocycles. The van der Waals surface area contributed by atoms with Crippen molar-refractivity contribution in [1.29, 1.82) is 0 Å². The highest BCUT2D eigenvalue weighted by Gasteiger charge is 2.58. The maximum atomic E-state index is 12.6. The first kappa shape index (κ1) is 10.7. The zero-order valence-electron chi connectivity index (χ0n) is 6.78. The smallest absolute Gasteiger partial charge is 0.399 e. The first-order valence-electron chi connectivity index (χ1n) is 3.55. The van der Waals surface area contributed by atoms with Crippen molar-refractivity contribution in [1.82, 2.24) is 0 Å². The summed E-state index contributed by atoms with van der Waals surface area (Å²) in [5.74, 6) is -4.83. The van der Waals surface area contributed by atoms with Gasteiger partial charge in [0.05, 0.1) is 0 Å². The molecule has 0 amide bonds. The van der Waals surface area contributed by atoms with Crippen molar-refractivity contribution in [2.45, 2.75) is 12.1 Å². The minimum absolute atomic E-state index is 0.131. The van der Waals surface area contributed by atoms with Crippen molar-refractivity contribution in [2.75, 3.05) is 5.73 Å². The summed E-state index contributed by atoms with van der Waals surface area (Å²) in [5, 5.41) is 0. The molecule has 0 unspecified atom stereocenters. The summed E-state index contributed by atoms with van der Waals surface area (Å²) in [6.07, 6.45) is -5.58. The van der Waals surface area contributed by atoms with Crippen molar-refractivity contribution in [2.24, 2.45) is 0 Å². The Bertz CT molecular complexity index is 313. The van der Waals surface area contributed by atoms with E-state index in [4.69, 9.17) is 5.73 Å². The Hall–Kier alpha value is -1.33. The molecule has 1 nitrogen and oxygen atoms in total. The van der Waals surface area contributed by atoms with Gasteiger partial charge < -0.3 is 5.73 Å². The summed E-state index contributed by atoms with van der Waals surface area (Å²) in [5.41, 5.74) is 4.17. The average Bonchev–Trinajstić information content (AvgIpc) is 2.03. The summed E-state index contributed by atoms with van der Waals surface area (Å²) < 4.78 is 60.8. The Kier molecular flexibility index (Phi) is 2.39. The van der Waals surface area contributed by atoms with Crippen molar-refractivity contribution in [3.8, 4) is 0 Å². The molecule has 1 rings (SSSR count). The van der Waals surface area contributed by atoms with Crippen LogP contribution in [0.15, 0.2) is 24.3 Å².